The van der Waals surface area contributed by atoms with Crippen LogP contribution < -0.4 is 0 Å². The number of aromatic amines is 1. The van der Waals surface area contributed by atoms with E-state index in [2.05, 4.69) is 40.3 Å². The predicted molar refractivity (Wildman–Crippen MR) is 84.2 cm³/mol. The van der Waals surface area contributed by atoms with E-state index in [1.807, 2.05) is 0 Å². The van der Waals surface area contributed by atoms with Gasteiger partial charge in [0.05, 0.1) is 0 Å². The number of para-hydroxylation sites is 1. The largest absolute Gasteiger partial charge is 0.361 e. The Morgan fingerprint density at radius 3 is 2.53 bits per heavy atom. The van der Waals surface area contributed by atoms with Gasteiger partial charge in [0, 0.05) is 23.6 Å². The van der Waals surface area contributed by atoms with Gasteiger partial charge >= 0.3 is 0 Å². The lowest BCUT2D eigenvalue weighted by Crippen LogP contribution is -2.26. The number of hydrogen-bond donors (Lipinski definition) is 1. The summed E-state index contributed by atoms with van der Waals surface area (Å²) in [5.74, 6) is 0. The second-order valence-electron chi connectivity index (χ2n) is 5.37. The highest BCUT2D eigenvalue weighted by molar-refractivity contribution is 5.85. The van der Waals surface area contributed by atoms with Gasteiger partial charge in [0.2, 0.25) is 0 Å². The van der Waals surface area contributed by atoms with Crippen LogP contribution in [0.15, 0.2) is 30.5 Å². The minimum absolute atomic E-state index is 0. The standard InChI is InChI=1S/C16H22N2.ClH/c1-2-6-11-18(10-5-1)12-9-14-13-17-16-8-4-3-7-15(14)16;/h3-4,7-8,13,17H,1-2,5-6,9-12H2;1H. The third-order valence-corrected chi connectivity index (χ3v) is 4.07. The number of fused-ring (bicyclic) bond motifs is 1. The third kappa shape index (κ3) is 3.52. The van der Waals surface area contributed by atoms with Gasteiger partial charge in [-0.15, -0.1) is 12.4 Å². The van der Waals surface area contributed by atoms with Crippen molar-refractivity contribution in [2.75, 3.05) is 19.6 Å². The molecule has 0 saturated carbocycles. The maximum absolute atomic E-state index is 3.37. The van der Waals surface area contributed by atoms with E-state index in [1.165, 1.54) is 68.2 Å². The van der Waals surface area contributed by atoms with Crippen LogP contribution in [0.5, 0.6) is 0 Å². The van der Waals surface area contributed by atoms with Gasteiger partial charge < -0.3 is 9.88 Å². The van der Waals surface area contributed by atoms with Crippen LogP contribution in [-0.4, -0.2) is 29.5 Å². The van der Waals surface area contributed by atoms with Crippen molar-refractivity contribution >= 4 is 23.3 Å². The molecule has 3 rings (SSSR count). The lowest BCUT2D eigenvalue weighted by Gasteiger charge is -2.19. The minimum Gasteiger partial charge on any atom is -0.361 e. The summed E-state index contributed by atoms with van der Waals surface area (Å²) in [7, 11) is 0. The normalized spacial score (nSPS) is 17.1. The number of aromatic nitrogens is 1. The van der Waals surface area contributed by atoms with E-state index in [-0.39, 0.29) is 12.4 Å². The SMILES string of the molecule is Cl.c1ccc2c(CCN3CCCCCC3)c[nH]c2c1. The average molecular weight is 279 g/mol. The predicted octanol–water partition coefficient (Wildman–Crippen LogP) is 4.01. The summed E-state index contributed by atoms with van der Waals surface area (Å²) >= 11 is 0. The molecule has 0 spiro atoms. The van der Waals surface area contributed by atoms with Gasteiger partial charge in [-0.2, -0.15) is 0 Å². The fourth-order valence-electron chi connectivity index (χ4n) is 2.98. The number of benzene rings is 1. The highest BCUT2D eigenvalue weighted by Gasteiger charge is 2.10. The molecule has 2 aromatic rings. The molecule has 0 bridgehead atoms. The quantitative estimate of drug-likeness (QED) is 0.899. The monoisotopic (exact) mass is 278 g/mol. The van der Waals surface area contributed by atoms with Crippen molar-refractivity contribution < 1.29 is 0 Å². The number of H-pyrrole nitrogens is 1. The Labute approximate surface area is 121 Å². The zero-order chi connectivity index (χ0) is 12.2. The summed E-state index contributed by atoms with van der Waals surface area (Å²) in [5, 5.41) is 1.40. The van der Waals surface area contributed by atoms with Crippen molar-refractivity contribution in [1.29, 1.82) is 0 Å². The third-order valence-electron chi connectivity index (χ3n) is 4.07. The molecule has 19 heavy (non-hydrogen) atoms. The first-order valence-electron chi connectivity index (χ1n) is 7.21. The van der Waals surface area contributed by atoms with Gasteiger partial charge in [0.1, 0.15) is 0 Å². The zero-order valence-corrected chi connectivity index (χ0v) is 12.2. The fraction of sp³-hybridized carbons (Fsp3) is 0.500. The van der Waals surface area contributed by atoms with Crippen molar-refractivity contribution in [3.05, 3.63) is 36.0 Å². The molecule has 0 unspecified atom stereocenters. The Hall–Kier alpha value is -0.990. The van der Waals surface area contributed by atoms with Crippen LogP contribution in [0.3, 0.4) is 0 Å². The van der Waals surface area contributed by atoms with Crippen LogP contribution in [0.4, 0.5) is 0 Å². The Morgan fingerprint density at radius 2 is 1.74 bits per heavy atom. The maximum atomic E-state index is 3.37. The Kier molecular flexibility index (Phi) is 5.29. The second-order valence-corrected chi connectivity index (χ2v) is 5.37. The molecule has 1 aromatic carbocycles. The average Bonchev–Trinajstić information content (AvgIpc) is 2.64. The Morgan fingerprint density at radius 1 is 1.00 bits per heavy atom. The first-order valence-corrected chi connectivity index (χ1v) is 7.21. The number of nitrogens with one attached hydrogen (secondary N) is 1. The second kappa shape index (κ2) is 6.97. The van der Waals surface area contributed by atoms with E-state index >= 15 is 0 Å². The Balaban J connectivity index is 0.00000133. The van der Waals surface area contributed by atoms with Crippen LogP contribution in [0.1, 0.15) is 31.2 Å². The molecular formula is C16H23ClN2. The first kappa shape index (κ1) is 14.4. The molecule has 1 aliphatic heterocycles. The minimum atomic E-state index is 0. The van der Waals surface area contributed by atoms with E-state index in [0.717, 1.165) is 0 Å². The molecule has 0 amide bonds. The number of halogens is 1. The molecule has 1 aromatic heterocycles. The van der Waals surface area contributed by atoms with Crippen molar-refractivity contribution in [3.63, 3.8) is 0 Å². The lowest BCUT2D eigenvalue weighted by atomic mass is 10.1. The zero-order valence-electron chi connectivity index (χ0n) is 11.4. The summed E-state index contributed by atoms with van der Waals surface area (Å²) in [6.07, 6.45) is 8.96. The van der Waals surface area contributed by atoms with E-state index in [4.69, 9.17) is 0 Å². The van der Waals surface area contributed by atoms with Crippen LogP contribution in [0.2, 0.25) is 0 Å². The van der Waals surface area contributed by atoms with Crippen LogP contribution in [0, 0.1) is 0 Å². The fourth-order valence-corrected chi connectivity index (χ4v) is 2.98. The molecule has 2 nitrogen and oxygen atoms in total. The molecular weight excluding hydrogens is 256 g/mol. The summed E-state index contributed by atoms with van der Waals surface area (Å²) < 4.78 is 0. The van der Waals surface area contributed by atoms with Gasteiger partial charge in [-0.05, 0) is 44.0 Å². The van der Waals surface area contributed by atoms with Crippen LogP contribution in [0.25, 0.3) is 10.9 Å². The van der Waals surface area contributed by atoms with Crippen molar-refractivity contribution in [3.8, 4) is 0 Å². The maximum Gasteiger partial charge on any atom is 0.0456 e. The molecule has 3 heteroatoms. The summed E-state index contributed by atoms with van der Waals surface area (Å²) in [5.41, 5.74) is 2.73. The number of rotatable bonds is 3. The number of likely N-dealkylation sites (tertiary alicyclic amines) is 1. The van der Waals surface area contributed by atoms with E-state index in [0.29, 0.717) is 0 Å². The van der Waals surface area contributed by atoms with Crippen LogP contribution in [-0.2, 0) is 6.42 Å². The molecule has 104 valence electrons. The van der Waals surface area contributed by atoms with Crippen molar-refractivity contribution in [2.45, 2.75) is 32.1 Å². The molecule has 1 N–H and O–H groups in total. The van der Waals surface area contributed by atoms with E-state index in [9.17, 15) is 0 Å². The summed E-state index contributed by atoms with van der Waals surface area (Å²) in [4.78, 5) is 6.00. The molecule has 1 saturated heterocycles. The van der Waals surface area contributed by atoms with Gasteiger partial charge in [-0.1, -0.05) is 31.0 Å². The molecule has 1 aliphatic rings. The van der Waals surface area contributed by atoms with Crippen molar-refractivity contribution in [1.82, 2.24) is 9.88 Å². The van der Waals surface area contributed by atoms with Crippen LogP contribution >= 0.6 is 12.4 Å². The molecule has 0 atom stereocenters. The lowest BCUT2D eigenvalue weighted by molar-refractivity contribution is 0.289. The smallest absolute Gasteiger partial charge is 0.0456 e. The molecule has 0 aliphatic carbocycles. The topological polar surface area (TPSA) is 19.0 Å². The van der Waals surface area contributed by atoms with Crippen molar-refractivity contribution in [2.24, 2.45) is 0 Å². The van der Waals surface area contributed by atoms with Gasteiger partial charge in [0.25, 0.3) is 0 Å². The highest BCUT2D eigenvalue weighted by atomic mass is 35.5. The molecule has 2 heterocycles. The highest BCUT2D eigenvalue weighted by Crippen LogP contribution is 2.19. The summed E-state index contributed by atoms with van der Waals surface area (Å²) in [6, 6.07) is 8.61. The first-order chi connectivity index (χ1) is 8.93. The van der Waals surface area contributed by atoms with Gasteiger partial charge in [-0.25, -0.2) is 0 Å². The number of hydrogen-bond acceptors (Lipinski definition) is 1. The van der Waals surface area contributed by atoms with Gasteiger partial charge in [0.15, 0.2) is 0 Å². The molecule has 1 fully saturated rings. The Bertz CT molecular complexity index is 498. The van der Waals surface area contributed by atoms with Gasteiger partial charge in [-0.3, -0.25) is 0 Å². The van der Waals surface area contributed by atoms with E-state index in [1.54, 1.807) is 0 Å². The molecule has 0 radical (unpaired) electrons. The summed E-state index contributed by atoms with van der Waals surface area (Å²) in [6.45, 7) is 3.80. The van der Waals surface area contributed by atoms with E-state index < -0.39 is 0 Å². The number of nitrogens with zero attached hydrogens (tertiary/aromatic N) is 1.